The minimum atomic E-state index is -0.695. The maximum absolute atomic E-state index is 10.9. The van der Waals surface area contributed by atoms with E-state index in [0.717, 1.165) is 25.8 Å². The normalized spacial score (nSPS) is 19.4. The Balaban J connectivity index is 2.37. The Morgan fingerprint density at radius 1 is 1.57 bits per heavy atom. The van der Waals surface area contributed by atoms with Gasteiger partial charge in [0.15, 0.2) is 0 Å². The van der Waals surface area contributed by atoms with Crippen LogP contribution in [-0.4, -0.2) is 23.7 Å². The zero-order valence-corrected chi connectivity index (χ0v) is 9.34. The van der Waals surface area contributed by atoms with Crippen LogP contribution in [0.1, 0.15) is 40.0 Å². The van der Waals surface area contributed by atoms with Gasteiger partial charge in [0.05, 0.1) is 0 Å². The van der Waals surface area contributed by atoms with Gasteiger partial charge >= 0.3 is 5.97 Å². The number of rotatable bonds is 6. The van der Waals surface area contributed by atoms with Crippen molar-refractivity contribution in [1.29, 1.82) is 0 Å². The lowest BCUT2D eigenvalue weighted by molar-refractivity contribution is -0.140. The lowest BCUT2D eigenvalue weighted by Crippen LogP contribution is -2.43. The van der Waals surface area contributed by atoms with E-state index in [-0.39, 0.29) is 11.5 Å². The Hall–Kier alpha value is -0.570. The summed E-state index contributed by atoms with van der Waals surface area (Å²) < 4.78 is 0. The molecule has 1 fully saturated rings. The molecule has 1 unspecified atom stereocenters. The number of hydrogen-bond donors (Lipinski definition) is 2. The van der Waals surface area contributed by atoms with E-state index in [1.54, 1.807) is 0 Å². The van der Waals surface area contributed by atoms with E-state index in [2.05, 4.69) is 26.1 Å². The second-order valence-corrected chi connectivity index (χ2v) is 5.05. The van der Waals surface area contributed by atoms with Crippen LogP contribution >= 0.6 is 0 Å². The summed E-state index contributed by atoms with van der Waals surface area (Å²) in [6.45, 7) is 7.24. The molecule has 0 spiro atoms. The number of aliphatic carboxylic acids is 1. The van der Waals surface area contributed by atoms with Gasteiger partial charge in [-0.3, -0.25) is 4.79 Å². The molecular formula is C11H21NO2. The molecule has 0 bridgehead atoms. The van der Waals surface area contributed by atoms with Gasteiger partial charge in [-0.1, -0.05) is 20.8 Å². The Bertz CT molecular complexity index is 209. The average Bonchev–Trinajstić information content (AvgIpc) is 2.88. The monoisotopic (exact) mass is 199 g/mol. The number of nitrogens with one attached hydrogen (secondary N) is 1. The first-order chi connectivity index (χ1) is 6.46. The second-order valence-electron chi connectivity index (χ2n) is 5.05. The molecule has 1 aliphatic rings. The molecule has 0 aliphatic heterocycles. The maximum atomic E-state index is 10.9. The highest BCUT2D eigenvalue weighted by molar-refractivity contribution is 5.74. The SMILES string of the molecule is CCC(C)(C)CNC(C(=O)O)C1CC1. The third-order valence-corrected chi connectivity index (χ3v) is 3.12. The van der Waals surface area contributed by atoms with Crippen LogP contribution in [0, 0.1) is 11.3 Å². The van der Waals surface area contributed by atoms with Crippen molar-refractivity contribution < 1.29 is 9.90 Å². The molecule has 0 amide bonds. The molecule has 2 N–H and O–H groups in total. The first-order valence-corrected chi connectivity index (χ1v) is 5.42. The third-order valence-electron chi connectivity index (χ3n) is 3.12. The number of carbonyl (C=O) groups is 1. The van der Waals surface area contributed by atoms with E-state index in [9.17, 15) is 4.79 Å². The molecular weight excluding hydrogens is 178 g/mol. The molecule has 82 valence electrons. The fraction of sp³-hybridized carbons (Fsp3) is 0.909. The minimum absolute atomic E-state index is 0.197. The van der Waals surface area contributed by atoms with Gasteiger partial charge in [-0.2, -0.15) is 0 Å². The summed E-state index contributed by atoms with van der Waals surface area (Å²) in [5.41, 5.74) is 0.197. The van der Waals surface area contributed by atoms with Gasteiger partial charge in [0, 0.05) is 6.54 Å². The van der Waals surface area contributed by atoms with Crippen LogP contribution in [0.25, 0.3) is 0 Å². The molecule has 0 radical (unpaired) electrons. The van der Waals surface area contributed by atoms with Gasteiger partial charge in [-0.15, -0.1) is 0 Å². The van der Waals surface area contributed by atoms with Crippen molar-refractivity contribution in [3.8, 4) is 0 Å². The van der Waals surface area contributed by atoms with Crippen molar-refractivity contribution in [2.45, 2.75) is 46.1 Å². The third kappa shape index (κ3) is 3.29. The summed E-state index contributed by atoms with van der Waals surface area (Å²) in [6.07, 6.45) is 3.20. The van der Waals surface area contributed by atoms with Gasteiger partial charge in [0.1, 0.15) is 6.04 Å². The summed E-state index contributed by atoms with van der Waals surface area (Å²) in [5.74, 6) is -0.320. The molecule has 0 heterocycles. The zero-order chi connectivity index (χ0) is 10.8. The summed E-state index contributed by atoms with van der Waals surface area (Å²) >= 11 is 0. The van der Waals surface area contributed by atoms with Crippen molar-refractivity contribution in [3.05, 3.63) is 0 Å². The molecule has 0 aromatic heterocycles. The molecule has 1 rings (SSSR count). The fourth-order valence-electron chi connectivity index (χ4n) is 1.40. The molecule has 14 heavy (non-hydrogen) atoms. The lowest BCUT2D eigenvalue weighted by Gasteiger charge is -2.25. The summed E-state index contributed by atoms with van der Waals surface area (Å²) in [7, 11) is 0. The van der Waals surface area contributed by atoms with Crippen LogP contribution in [-0.2, 0) is 4.79 Å². The van der Waals surface area contributed by atoms with Crippen molar-refractivity contribution in [1.82, 2.24) is 5.32 Å². The lowest BCUT2D eigenvalue weighted by atomic mass is 9.90. The molecule has 1 atom stereocenters. The van der Waals surface area contributed by atoms with Gasteiger partial charge < -0.3 is 10.4 Å². The van der Waals surface area contributed by atoms with E-state index in [1.165, 1.54) is 0 Å². The van der Waals surface area contributed by atoms with E-state index >= 15 is 0 Å². The smallest absolute Gasteiger partial charge is 0.320 e. The highest BCUT2D eigenvalue weighted by Crippen LogP contribution is 2.33. The van der Waals surface area contributed by atoms with Gasteiger partial charge in [-0.05, 0) is 30.6 Å². The second kappa shape index (κ2) is 4.30. The van der Waals surface area contributed by atoms with Crippen LogP contribution in [0.4, 0.5) is 0 Å². The van der Waals surface area contributed by atoms with Crippen molar-refractivity contribution >= 4 is 5.97 Å². The van der Waals surface area contributed by atoms with Crippen LogP contribution in [0.5, 0.6) is 0 Å². The topological polar surface area (TPSA) is 49.3 Å². The molecule has 0 aromatic rings. The first-order valence-electron chi connectivity index (χ1n) is 5.42. The van der Waals surface area contributed by atoms with E-state index in [1.807, 2.05) is 0 Å². The molecule has 3 heteroatoms. The van der Waals surface area contributed by atoms with Crippen molar-refractivity contribution in [2.24, 2.45) is 11.3 Å². The first kappa shape index (κ1) is 11.5. The van der Waals surface area contributed by atoms with Crippen molar-refractivity contribution in [3.63, 3.8) is 0 Å². The van der Waals surface area contributed by atoms with Gasteiger partial charge in [0.25, 0.3) is 0 Å². The Labute approximate surface area is 85.9 Å². The van der Waals surface area contributed by atoms with Crippen molar-refractivity contribution in [2.75, 3.05) is 6.54 Å². The minimum Gasteiger partial charge on any atom is -0.480 e. The van der Waals surface area contributed by atoms with Crippen LogP contribution in [0.15, 0.2) is 0 Å². The fourth-order valence-corrected chi connectivity index (χ4v) is 1.40. The molecule has 3 nitrogen and oxygen atoms in total. The largest absolute Gasteiger partial charge is 0.480 e. The molecule has 0 aromatic carbocycles. The molecule has 1 aliphatic carbocycles. The number of carboxylic acid groups (broad SMARTS) is 1. The van der Waals surface area contributed by atoms with Gasteiger partial charge in [0.2, 0.25) is 0 Å². The van der Waals surface area contributed by atoms with E-state index in [0.29, 0.717) is 5.92 Å². The maximum Gasteiger partial charge on any atom is 0.320 e. The molecule has 1 saturated carbocycles. The number of hydrogen-bond acceptors (Lipinski definition) is 2. The van der Waals surface area contributed by atoms with E-state index < -0.39 is 5.97 Å². The Morgan fingerprint density at radius 3 is 2.50 bits per heavy atom. The number of carboxylic acids is 1. The van der Waals surface area contributed by atoms with Crippen LogP contribution in [0.3, 0.4) is 0 Å². The average molecular weight is 199 g/mol. The Kier molecular flexibility index (Phi) is 3.53. The summed E-state index contributed by atoms with van der Waals surface area (Å²) in [6, 6.07) is -0.319. The summed E-state index contributed by atoms with van der Waals surface area (Å²) in [4.78, 5) is 10.9. The summed E-state index contributed by atoms with van der Waals surface area (Å²) in [5, 5.41) is 12.2. The molecule has 0 saturated heterocycles. The predicted octanol–water partition coefficient (Wildman–Crippen LogP) is 1.88. The predicted molar refractivity (Wildman–Crippen MR) is 56.2 cm³/mol. The quantitative estimate of drug-likeness (QED) is 0.686. The van der Waals surface area contributed by atoms with Gasteiger partial charge in [-0.25, -0.2) is 0 Å². The Morgan fingerprint density at radius 2 is 2.14 bits per heavy atom. The van der Waals surface area contributed by atoms with Crippen LogP contribution in [0.2, 0.25) is 0 Å². The zero-order valence-electron chi connectivity index (χ0n) is 9.34. The van der Waals surface area contributed by atoms with Crippen LogP contribution < -0.4 is 5.32 Å². The van der Waals surface area contributed by atoms with E-state index in [4.69, 9.17) is 5.11 Å². The highest BCUT2D eigenvalue weighted by atomic mass is 16.4. The highest BCUT2D eigenvalue weighted by Gasteiger charge is 2.36. The standard InChI is InChI=1S/C11H21NO2/c1-4-11(2,3)7-12-9(10(13)14)8-5-6-8/h8-9,12H,4-7H2,1-3H3,(H,13,14).